The molecule has 0 aromatic carbocycles. The third-order valence-electron chi connectivity index (χ3n) is 1.92. The largest absolute Gasteiger partial charge is 0.330 e. The Bertz CT molecular complexity index is 276. The van der Waals surface area contributed by atoms with Crippen molar-refractivity contribution in [3.8, 4) is 0 Å². The van der Waals surface area contributed by atoms with Crippen LogP contribution in [0.3, 0.4) is 0 Å². The van der Waals surface area contributed by atoms with Crippen molar-refractivity contribution in [2.24, 2.45) is 5.73 Å². The van der Waals surface area contributed by atoms with E-state index in [2.05, 4.69) is 13.2 Å². The molecule has 0 heterocycles. The van der Waals surface area contributed by atoms with Crippen molar-refractivity contribution >= 4 is 10.0 Å². The molecule has 0 aliphatic rings. The van der Waals surface area contributed by atoms with Crippen molar-refractivity contribution in [1.82, 2.24) is 4.31 Å². The second kappa shape index (κ2) is 7.62. The van der Waals surface area contributed by atoms with E-state index in [1.165, 1.54) is 4.31 Å². The molecule has 5 heteroatoms. The fraction of sp³-hybridized carbons (Fsp3) is 0.600. The van der Waals surface area contributed by atoms with Crippen LogP contribution in [0.25, 0.3) is 0 Å². The minimum Gasteiger partial charge on any atom is -0.330 e. The Hall–Kier alpha value is -0.650. The van der Waals surface area contributed by atoms with Crippen molar-refractivity contribution < 1.29 is 8.42 Å². The predicted molar refractivity (Wildman–Crippen MR) is 64.0 cm³/mol. The van der Waals surface area contributed by atoms with Gasteiger partial charge in [0.05, 0.1) is 5.75 Å². The maximum Gasteiger partial charge on any atom is 0.214 e. The zero-order valence-electron chi connectivity index (χ0n) is 9.06. The van der Waals surface area contributed by atoms with Gasteiger partial charge < -0.3 is 5.73 Å². The van der Waals surface area contributed by atoms with Gasteiger partial charge in [-0.1, -0.05) is 12.2 Å². The standard InChI is InChI=1S/C10H20N2O2S/c1-3-8-12(9-4-2)15(13,14)10-6-5-7-11/h3-4H,1-2,5-11H2. The van der Waals surface area contributed by atoms with Crippen molar-refractivity contribution in [2.75, 3.05) is 25.4 Å². The van der Waals surface area contributed by atoms with E-state index in [4.69, 9.17) is 5.73 Å². The van der Waals surface area contributed by atoms with Gasteiger partial charge in [0.2, 0.25) is 10.0 Å². The number of nitrogens with zero attached hydrogens (tertiary/aromatic N) is 1. The van der Waals surface area contributed by atoms with Crippen molar-refractivity contribution in [3.63, 3.8) is 0 Å². The third-order valence-corrected chi connectivity index (χ3v) is 3.80. The smallest absolute Gasteiger partial charge is 0.214 e. The predicted octanol–water partition coefficient (Wildman–Crippen LogP) is 0.729. The number of unbranched alkanes of at least 4 members (excludes halogenated alkanes) is 1. The minimum atomic E-state index is -3.18. The molecule has 0 saturated carbocycles. The van der Waals surface area contributed by atoms with Gasteiger partial charge in [0.25, 0.3) is 0 Å². The zero-order chi connectivity index (χ0) is 11.7. The lowest BCUT2D eigenvalue weighted by molar-refractivity contribution is 0.472. The molecule has 0 radical (unpaired) electrons. The van der Waals surface area contributed by atoms with Gasteiger partial charge in [-0.15, -0.1) is 13.2 Å². The van der Waals surface area contributed by atoms with Crippen LogP contribution in [-0.2, 0) is 10.0 Å². The molecule has 0 rings (SSSR count). The highest BCUT2D eigenvalue weighted by Crippen LogP contribution is 2.04. The van der Waals surface area contributed by atoms with E-state index in [0.717, 1.165) is 6.42 Å². The molecule has 0 amide bonds. The molecule has 0 aliphatic carbocycles. The average molecular weight is 232 g/mol. The van der Waals surface area contributed by atoms with Crippen LogP contribution >= 0.6 is 0 Å². The summed E-state index contributed by atoms with van der Waals surface area (Å²) in [5, 5.41) is 0. The lowest BCUT2D eigenvalue weighted by atomic mass is 10.3. The van der Waals surface area contributed by atoms with Crippen LogP contribution in [0, 0.1) is 0 Å². The summed E-state index contributed by atoms with van der Waals surface area (Å²) >= 11 is 0. The van der Waals surface area contributed by atoms with Gasteiger partial charge in [0.1, 0.15) is 0 Å². The first-order valence-corrected chi connectivity index (χ1v) is 6.59. The highest BCUT2D eigenvalue weighted by atomic mass is 32.2. The van der Waals surface area contributed by atoms with Crippen molar-refractivity contribution in [2.45, 2.75) is 12.8 Å². The molecule has 2 N–H and O–H groups in total. The maximum atomic E-state index is 11.8. The number of rotatable bonds is 9. The highest BCUT2D eigenvalue weighted by Gasteiger charge is 2.18. The summed E-state index contributed by atoms with van der Waals surface area (Å²) < 4.78 is 24.9. The summed E-state index contributed by atoms with van der Waals surface area (Å²) in [4.78, 5) is 0. The van der Waals surface area contributed by atoms with Crippen molar-refractivity contribution in [3.05, 3.63) is 25.3 Å². The SMILES string of the molecule is C=CCN(CC=C)S(=O)(=O)CCCCN. The van der Waals surface area contributed by atoms with E-state index in [1.807, 2.05) is 0 Å². The van der Waals surface area contributed by atoms with E-state index in [9.17, 15) is 8.42 Å². The Morgan fingerprint density at radius 3 is 2.07 bits per heavy atom. The average Bonchev–Trinajstić information content (AvgIpc) is 2.18. The van der Waals surface area contributed by atoms with Gasteiger partial charge in [0.15, 0.2) is 0 Å². The van der Waals surface area contributed by atoms with Gasteiger partial charge in [-0.2, -0.15) is 4.31 Å². The van der Waals surface area contributed by atoms with Crippen LogP contribution in [0.15, 0.2) is 25.3 Å². The Balaban J connectivity index is 4.34. The van der Waals surface area contributed by atoms with E-state index >= 15 is 0 Å². The normalized spacial score (nSPS) is 11.6. The summed E-state index contributed by atoms with van der Waals surface area (Å²) in [6.07, 6.45) is 4.48. The molecule has 0 fully saturated rings. The zero-order valence-corrected chi connectivity index (χ0v) is 9.88. The van der Waals surface area contributed by atoms with E-state index in [-0.39, 0.29) is 5.75 Å². The summed E-state index contributed by atoms with van der Waals surface area (Å²) in [6, 6.07) is 0. The van der Waals surface area contributed by atoms with Crippen LogP contribution < -0.4 is 5.73 Å². The summed E-state index contributed by atoms with van der Waals surface area (Å²) in [7, 11) is -3.18. The maximum absolute atomic E-state index is 11.8. The molecule has 0 bridgehead atoms. The fourth-order valence-electron chi connectivity index (χ4n) is 1.15. The minimum absolute atomic E-state index is 0.145. The highest BCUT2D eigenvalue weighted by molar-refractivity contribution is 7.89. The fourth-order valence-corrected chi connectivity index (χ4v) is 2.64. The molecule has 0 spiro atoms. The quantitative estimate of drug-likeness (QED) is 0.471. The number of sulfonamides is 1. The molecule has 0 aliphatic heterocycles. The van der Waals surface area contributed by atoms with Crippen LogP contribution in [-0.4, -0.2) is 38.1 Å². The number of hydrogen-bond acceptors (Lipinski definition) is 3. The molecule has 88 valence electrons. The molecular weight excluding hydrogens is 212 g/mol. The Kier molecular flexibility index (Phi) is 7.29. The summed E-state index contributed by atoms with van der Waals surface area (Å²) in [5.41, 5.74) is 5.31. The first kappa shape index (κ1) is 14.3. The number of nitrogens with two attached hydrogens (primary N) is 1. The molecule has 15 heavy (non-hydrogen) atoms. The lowest BCUT2D eigenvalue weighted by Gasteiger charge is -2.18. The first-order valence-electron chi connectivity index (χ1n) is 4.98. The molecule has 0 saturated heterocycles. The molecular formula is C10H20N2O2S. The van der Waals surface area contributed by atoms with E-state index in [0.29, 0.717) is 26.1 Å². The lowest BCUT2D eigenvalue weighted by Crippen LogP contribution is -2.33. The van der Waals surface area contributed by atoms with Crippen LogP contribution in [0.1, 0.15) is 12.8 Å². The Morgan fingerprint density at radius 2 is 1.67 bits per heavy atom. The molecule has 4 nitrogen and oxygen atoms in total. The van der Waals surface area contributed by atoms with E-state index < -0.39 is 10.0 Å². The summed E-state index contributed by atoms with van der Waals surface area (Å²) in [5.74, 6) is 0.145. The van der Waals surface area contributed by atoms with Gasteiger partial charge in [-0.3, -0.25) is 0 Å². The monoisotopic (exact) mass is 232 g/mol. The second-order valence-electron chi connectivity index (χ2n) is 3.21. The topological polar surface area (TPSA) is 63.4 Å². The molecule has 0 aromatic heterocycles. The van der Waals surface area contributed by atoms with E-state index in [1.54, 1.807) is 12.2 Å². The molecule has 0 aromatic rings. The Labute approximate surface area is 92.5 Å². The summed E-state index contributed by atoms with van der Waals surface area (Å²) in [6.45, 7) is 8.25. The van der Waals surface area contributed by atoms with Crippen LogP contribution in [0.5, 0.6) is 0 Å². The van der Waals surface area contributed by atoms with Crippen molar-refractivity contribution in [1.29, 1.82) is 0 Å². The van der Waals surface area contributed by atoms with Gasteiger partial charge in [0, 0.05) is 13.1 Å². The number of hydrogen-bond donors (Lipinski definition) is 1. The Morgan fingerprint density at radius 1 is 1.13 bits per heavy atom. The molecule has 0 atom stereocenters. The third kappa shape index (κ3) is 5.71. The van der Waals surface area contributed by atoms with Crippen LogP contribution in [0.4, 0.5) is 0 Å². The second-order valence-corrected chi connectivity index (χ2v) is 5.29. The van der Waals surface area contributed by atoms with Gasteiger partial charge >= 0.3 is 0 Å². The first-order chi connectivity index (χ1) is 7.08. The van der Waals surface area contributed by atoms with Gasteiger partial charge in [-0.05, 0) is 19.4 Å². The molecule has 0 unspecified atom stereocenters. The van der Waals surface area contributed by atoms with Gasteiger partial charge in [-0.25, -0.2) is 8.42 Å². The van der Waals surface area contributed by atoms with Crippen LogP contribution in [0.2, 0.25) is 0 Å².